The van der Waals surface area contributed by atoms with Gasteiger partial charge in [-0.3, -0.25) is 9.59 Å². The Bertz CT molecular complexity index is 751. The first-order chi connectivity index (χ1) is 11.9. The number of anilines is 1. The van der Waals surface area contributed by atoms with Crippen LogP contribution in [0, 0.1) is 13.8 Å². The first-order valence-corrected chi connectivity index (χ1v) is 8.35. The summed E-state index contributed by atoms with van der Waals surface area (Å²) >= 11 is 0. The van der Waals surface area contributed by atoms with Gasteiger partial charge in [-0.2, -0.15) is 0 Å². The second kappa shape index (κ2) is 8.33. The summed E-state index contributed by atoms with van der Waals surface area (Å²) in [6, 6.07) is 12.7. The lowest BCUT2D eigenvalue weighted by Crippen LogP contribution is -2.32. The summed E-state index contributed by atoms with van der Waals surface area (Å²) in [7, 11) is 0. The zero-order chi connectivity index (χ0) is 18.4. The normalized spacial score (nSPS) is 11.5. The number of aryl methyl sites for hydroxylation is 2. The van der Waals surface area contributed by atoms with Crippen LogP contribution in [0.25, 0.3) is 0 Å². The van der Waals surface area contributed by atoms with Gasteiger partial charge >= 0.3 is 0 Å². The van der Waals surface area contributed by atoms with Gasteiger partial charge in [-0.1, -0.05) is 30.3 Å². The zero-order valence-corrected chi connectivity index (χ0v) is 15.1. The van der Waals surface area contributed by atoms with Crippen molar-refractivity contribution >= 4 is 17.5 Å². The maximum Gasteiger partial charge on any atom is 0.265 e. The van der Waals surface area contributed by atoms with Crippen LogP contribution in [0.2, 0.25) is 0 Å². The second-order valence-corrected chi connectivity index (χ2v) is 5.88. The number of carbonyl (C=O) groups is 2. The van der Waals surface area contributed by atoms with Crippen LogP contribution in [0.3, 0.4) is 0 Å². The first-order valence-electron chi connectivity index (χ1n) is 8.35. The monoisotopic (exact) mass is 340 g/mol. The number of nitrogens with one attached hydrogen (secondary N) is 2. The van der Waals surface area contributed by atoms with Gasteiger partial charge in [0.2, 0.25) is 0 Å². The molecule has 0 aliphatic rings. The van der Waals surface area contributed by atoms with E-state index in [1.54, 1.807) is 31.2 Å². The topological polar surface area (TPSA) is 67.4 Å². The molecule has 0 bridgehead atoms. The number of benzene rings is 2. The van der Waals surface area contributed by atoms with Crippen molar-refractivity contribution in [2.24, 2.45) is 0 Å². The van der Waals surface area contributed by atoms with Gasteiger partial charge in [0.25, 0.3) is 11.8 Å². The molecule has 2 aromatic rings. The molecule has 2 rings (SSSR count). The predicted molar refractivity (Wildman–Crippen MR) is 99.1 cm³/mol. The highest BCUT2D eigenvalue weighted by molar-refractivity contribution is 6.04. The SMILES string of the molecule is CCNC(=O)c1ccccc1NC(=O)C(C)Oc1c(C)cccc1C. The summed E-state index contributed by atoms with van der Waals surface area (Å²) < 4.78 is 5.85. The third-order valence-corrected chi connectivity index (χ3v) is 3.84. The Hall–Kier alpha value is -2.82. The number of para-hydroxylation sites is 2. The number of carbonyl (C=O) groups excluding carboxylic acids is 2. The van der Waals surface area contributed by atoms with E-state index >= 15 is 0 Å². The molecule has 2 aromatic carbocycles. The van der Waals surface area contributed by atoms with E-state index in [0.29, 0.717) is 23.5 Å². The number of hydrogen-bond donors (Lipinski definition) is 2. The largest absolute Gasteiger partial charge is 0.480 e. The number of amides is 2. The van der Waals surface area contributed by atoms with E-state index in [2.05, 4.69) is 10.6 Å². The lowest BCUT2D eigenvalue weighted by molar-refractivity contribution is -0.122. The minimum atomic E-state index is -0.693. The van der Waals surface area contributed by atoms with E-state index in [1.165, 1.54) is 0 Å². The van der Waals surface area contributed by atoms with Crippen LogP contribution in [-0.2, 0) is 4.79 Å². The summed E-state index contributed by atoms with van der Waals surface area (Å²) in [6.07, 6.45) is -0.693. The summed E-state index contributed by atoms with van der Waals surface area (Å²) in [5.41, 5.74) is 2.84. The Morgan fingerprint density at radius 3 is 2.32 bits per heavy atom. The average molecular weight is 340 g/mol. The summed E-state index contributed by atoms with van der Waals surface area (Å²) in [5, 5.41) is 5.52. The van der Waals surface area contributed by atoms with Crippen molar-refractivity contribution in [3.63, 3.8) is 0 Å². The quantitative estimate of drug-likeness (QED) is 0.846. The van der Waals surface area contributed by atoms with E-state index in [-0.39, 0.29) is 11.8 Å². The molecule has 0 spiro atoms. The molecule has 0 saturated carbocycles. The highest BCUT2D eigenvalue weighted by Crippen LogP contribution is 2.24. The fraction of sp³-hybridized carbons (Fsp3) is 0.300. The summed E-state index contributed by atoms with van der Waals surface area (Å²) in [5.74, 6) is 0.184. The molecule has 25 heavy (non-hydrogen) atoms. The molecule has 0 saturated heterocycles. The zero-order valence-electron chi connectivity index (χ0n) is 15.1. The van der Waals surface area contributed by atoms with E-state index in [4.69, 9.17) is 4.74 Å². The van der Waals surface area contributed by atoms with Gasteiger partial charge in [0, 0.05) is 6.54 Å². The van der Waals surface area contributed by atoms with Crippen LogP contribution in [0.5, 0.6) is 5.75 Å². The molecule has 0 aliphatic carbocycles. The molecule has 0 aliphatic heterocycles. The van der Waals surface area contributed by atoms with Crippen molar-refractivity contribution < 1.29 is 14.3 Å². The predicted octanol–water partition coefficient (Wildman–Crippen LogP) is 3.46. The van der Waals surface area contributed by atoms with Crippen LogP contribution < -0.4 is 15.4 Å². The lowest BCUT2D eigenvalue weighted by atomic mass is 10.1. The molecule has 0 aromatic heterocycles. The Morgan fingerprint density at radius 2 is 1.68 bits per heavy atom. The first kappa shape index (κ1) is 18.5. The van der Waals surface area contributed by atoms with Gasteiger partial charge in [0.05, 0.1) is 11.3 Å². The molecule has 2 amide bonds. The molecule has 0 fully saturated rings. The highest BCUT2D eigenvalue weighted by Gasteiger charge is 2.19. The van der Waals surface area contributed by atoms with Crippen LogP contribution in [0.4, 0.5) is 5.69 Å². The molecule has 0 heterocycles. The second-order valence-electron chi connectivity index (χ2n) is 5.88. The van der Waals surface area contributed by atoms with E-state index in [0.717, 1.165) is 11.1 Å². The minimum Gasteiger partial charge on any atom is -0.480 e. The van der Waals surface area contributed by atoms with Gasteiger partial charge in [-0.15, -0.1) is 0 Å². The number of hydrogen-bond acceptors (Lipinski definition) is 3. The van der Waals surface area contributed by atoms with Crippen LogP contribution in [0.1, 0.15) is 35.3 Å². The molecule has 132 valence electrons. The molecule has 5 heteroatoms. The standard InChI is InChI=1S/C20H24N2O3/c1-5-21-20(24)16-11-6-7-12-17(16)22-19(23)15(4)25-18-13(2)9-8-10-14(18)3/h6-12,15H,5H2,1-4H3,(H,21,24)(H,22,23). The fourth-order valence-electron chi connectivity index (χ4n) is 2.50. The van der Waals surface area contributed by atoms with E-state index < -0.39 is 6.10 Å². The number of rotatable bonds is 6. The van der Waals surface area contributed by atoms with Crippen molar-refractivity contribution in [2.45, 2.75) is 33.8 Å². The van der Waals surface area contributed by atoms with E-state index in [1.807, 2.05) is 39.0 Å². The highest BCUT2D eigenvalue weighted by atomic mass is 16.5. The fourth-order valence-corrected chi connectivity index (χ4v) is 2.50. The summed E-state index contributed by atoms with van der Waals surface area (Å²) in [4.78, 5) is 24.6. The van der Waals surface area contributed by atoms with Crippen LogP contribution >= 0.6 is 0 Å². The maximum absolute atomic E-state index is 12.5. The van der Waals surface area contributed by atoms with Crippen molar-refractivity contribution in [1.82, 2.24) is 5.32 Å². The smallest absolute Gasteiger partial charge is 0.265 e. The van der Waals surface area contributed by atoms with Crippen molar-refractivity contribution in [3.8, 4) is 5.75 Å². The Labute approximate surface area is 148 Å². The molecular formula is C20H24N2O3. The minimum absolute atomic E-state index is 0.221. The molecule has 0 radical (unpaired) electrons. The Morgan fingerprint density at radius 1 is 1.04 bits per heavy atom. The molecule has 5 nitrogen and oxygen atoms in total. The third-order valence-electron chi connectivity index (χ3n) is 3.84. The maximum atomic E-state index is 12.5. The lowest BCUT2D eigenvalue weighted by Gasteiger charge is -2.18. The van der Waals surface area contributed by atoms with Crippen molar-refractivity contribution in [3.05, 3.63) is 59.2 Å². The Kier molecular flexibility index (Phi) is 6.17. The van der Waals surface area contributed by atoms with Crippen LogP contribution in [-0.4, -0.2) is 24.5 Å². The van der Waals surface area contributed by atoms with Gasteiger partial charge in [0.15, 0.2) is 6.10 Å². The Balaban J connectivity index is 2.13. The molecular weight excluding hydrogens is 316 g/mol. The van der Waals surface area contributed by atoms with Crippen molar-refractivity contribution in [2.75, 3.05) is 11.9 Å². The third kappa shape index (κ3) is 4.59. The number of ether oxygens (including phenoxy) is 1. The van der Waals surface area contributed by atoms with Crippen molar-refractivity contribution in [1.29, 1.82) is 0 Å². The summed E-state index contributed by atoms with van der Waals surface area (Å²) in [6.45, 7) is 7.94. The molecule has 2 N–H and O–H groups in total. The molecule has 1 atom stereocenters. The van der Waals surface area contributed by atoms with Gasteiger partial charge in [0.1, 0.15) is 5.75 Å². The van der Waals surface area contributed by atoms with Gasteiger partial charge in [-0.25, -0.2) is 0 Å². The average Bonchev–Trinajstić information content (AvgIpc) is 2.58. The van der Waals surface area contributed by atoms with Gasteiger partial charge in [-0.05, 0) is 51.0 Å². The van der Waals surface area contributed by atoms with Crippen LogP contribution in [0.15, 0.2) is 42.5 Å². The van der Waals surface area contributed by atoms with E-state index in [9.17, 15) is 9.59 Å². The van der Waals surface area contributed by atoms with Gasteiger partial charge < -0.3 is 15.4 Å². The molecule has 1 unspecified atom stereocenters.